The fraction of sp³-hybridized carbons (Fsp3) is 0.136. The monoisotopic (exact) mass is 422 g/mol. The Bertz CT molecular complexity index is 1190. The molecule has 2 heterocycles. The molecule has 2 aromatic heterocycles. The molecule has 0 aliphatic carbocycles. The van der Waals surface area contributed by atoms with E-state index >= 15 is 0 Å². The van der Waals surface area contributed by atoms with Gasteiger partial charge in [0.15, 0.2) is 5.16 Å². The number of thioether (sulfide) groups is 1. The van der Waals surface area contributed by atoms with Crippen molar-refractivity contribution >= 4 is 39.3 Å². The van der Waals surface area contributed by atoms with Crippen LogP contribution in [0.5, 0.6) is 0 Å². The first-order chi connectivity index (χ1) is 14.2. The van der Waals surface area contributed by atoms with Gasteiger partial charge in [0.25, 0.3) is 5.56 Å². The molecule has 0 bridgehead atoms. The van der Waals surface area contributed by atoms with Gasteiger partial charge in [-0.05, 0) is 18.1 Å². The summed E-state index contributed by atoms with van der Waals surface area (Å²) in [7, 11) is 0. The highest BCUT2D eigenvalue weighted by Gasteiger charge is 2.25. The molecule has 5 nitrogen and oxygen atoms in total. The molecule has 0 saturated heterocycles. The predicted octanol–water partition coefficient (Wildman–Crippen LogP) is 5.05. The molecule has 0 amide bonds. The maximum atomic E-state index is 12.8. The summed E-state index contributed by atoms with van der Waals surface area (Å²) in [6.07, 6.45) is 0. The van der Waals surface area contributed by atoms with Crippen molar-refractivity contribution in [3.8, 4) is 11.1 Å². The van der Waals surface area contributed by atoms with Crippen LogP contribution in [0.1, 0.15) is 17.7 Å². The van der Waals surface area contributed by atoms with Crippen LogP contribution in [0.25, 0.3) is 21.3 Å². The molecule has 1 N–H and O–H groups in total. The Balaban J connectivity index is 1.72. The number of nitrogens with zero attached hydrogens (tertiary/aromatic N) is 1. The van der Waals surface area contributed by atoms with Gasteiger partial charge in [0.05, 0.1) is 12.0 Å². The van der Waals surface area contributed by atoms with Crippen molar-refractivity contribution in [2.45, 2.75) is 17.3 Å². The number of aromatic nitrogens is 2. The number of benzene rings is 2. The predicted molar refractivity (Wildman–Crippen MR) is 117 cm³/mol. The second-order valence-corrected chi connectivity index (χ2v) is 8.18. The van der Waals surface area contributed by atoms with E-state index in [-0.39, 0.29) is 18.1 Å². The number of esters is 1. The minimum atomic E-state index is -0.606. The van der Waals surface area contributed by atoms with Gasteiger partial charge in [-0.3, -0.25) is 9.59 Å². The Morgan fingerprint density at radius 1 is 1.14 bits per heavy atom. The third-order valence-electron chi connectivity index (χ3n) is 4.34. The topological polar surface area (TPSA) is 72.0 Å². The molecule has 0 fully saturated rings. The minimum absolute atomic E-state index is 0.215. The largest absolute Gasteiger partial charge is 0.465 e. The van der Waals surface area contributed by atoms with E-state index in [2.05, 4.69) is 9.97 Å². The maximum Gasteiger partial charge on any atom is 0.324 e. The number of hydrogen-bond donors (Lipinski definition) is 1. The maximum absolute atomic E-state index is 12.8. The number of fused-ring (bicyclic) bond motifs is 1. The Morgan fingerprint density at radius 3 is 2.52 bits per heavy atom. The number of hydrogen-bond acceptors (Lipinski definition) is 6. The Labute approximate surface area is 175 Å². The van der Waals surface area contributed by atoms with Crippen LogP contribution in [0.4, 0.5) is 0 Å². The molecule has 0 radical (unpaired) electrons. The van der Waals surface area contributed by atoms with Crippen LogP contribution >= 0.6 is 23.1 Å². The lowest BCUT2D eigenvalue weighted by molar-refractivity contribution is -0.142. The number of H-pyrrole nitrogens is 1. The zero-order valence-electron chi connectivity index (χ0n) is 15.6. The summed E-state index contributed by atoms with van der Waals surface area (Å²) in [5.41, 5.74) is 2.42. The number of carbonyl (C=O) groups excluding carboxylic acids is 1. The summed E-state index contributed by atoms with van der Waals surface area (Å²) in [4.78, 5) is 33.5. The first kappa shape index (κ1) is 19.4. The molecular weight excluding hydrogens is 404 g/mol. The summed E-state index contributed by atoms with van der Waals surface area (Å²) >= 11 is 2.61. The van der Waals surface area contributed by atoms with E-state index in [1.807, 2.05) is 66.0 Å². The molecule has 4 aromatic rings. The number of aromatic amines is 1. The van der Waals surface area contributed by atoms with Crippen LogP contribution in [0.15, 0.2) is 76.0 Å². The molecule has 0 aliphatic heterocycles. The molecule has 0 spiro atoms. The van der Waals surface area contributed by atoms with E-state index in [9.17, 15) is 9.59 Å². The summed E-state index contributed by atoms with van der Waals surface area (Å²) in [6, 6.07) is 19.1. The van der Waals surface area contributed by atoms with Gasteiger partial charge in [-0.2, -0.15) is 0 Å². The van der Waals surface area contributed by atoms with Gasteiger partial charge in [0, 0.05) is 10.9 Å². The standard InChI is InChI=1S/C22H18N2O3S2/c1-2-27-21(26)18(15-11-7-4-8-12-15)29-22-23-19(25)17-16(13-28-20(17)24-22)14-9-5-3-6-10-14/h3-13,18H,2H2,1H3,(H,23,24,25). The molecule has 0 aliphatic rings. The summed E-state index contributed by atoms with van der Waals surface area (Å²) in [5, 5.41) is 2.30. The zero-order valence-corrected chi connectivity index (χ0v) is 17.3. The molecule has 29 heavy (non-hydrogen) atoms. The fourth-order valence-corrected chi connectivity index (χ4v) is 5.01. The first-order valence-electron chi connectivity index (χ1n) is 9.12. The van der Waals surface area contributed by atoms with Crippen molar-refractivity contribution in [2.75, 3.05) is 6.61 Å². The molecule has 2 aromatic carbocycles. The number of carbonyl (C=O) groups is 1. The normalized spacial score (nSPS) is 12.0. The molecule has 7 heteroatoms. The minimum Gasteiger partial charge on any atom is -0.465 e. The number of ether oxygens (including phenoxy) is 1. The second-order valence-electron chi connectivity index (χ2n) is 6.23. The highest BCUT2D eigenvalue weighted by molar-refractivity contribution is 8.00. The number of rotatable bonds is 6. The fourth-order valence-electron chi connectivity index (χ4n) is 3.02. The van der Waals surface area contributed by atoms with Crippen molar-refractivity contribution in [1.82, 2.24) is 9.97 Å². The van der Waals surface area contributed by atoms with Crippen LogP contribution in [0, 0.1) is 0 Å². The highest BCUT2D eigenvalue weighted by Crippen LogP contribution is 2.36. The third kappa shape index (κ3) is 4.11. The average molecular weight is 423 g/mol. The van der Waals surface area contributed by atoms with Crippen LogP contribution in [-0.4, -0.2) is 22.5 Å². The van der Waals surface area contributed by atoms with Gasteiger partial charge in [-0.1, -0.05) is 72.4 Å². The lowest BCUT2D eigenvalue weighted by Crippen LogP contribution is -2.15. The Hall–Kier alpha value is -2.90. The molecule has 1 atom stereocenters. The van der Waals surface area contributed by atoms with Gasteiger partial charge in [-0.25, -0.2) is 4.98 Å². The zero-order chi connectivity index (χ0) is 20.2. The first-order valence-corrected chi connectivity index (χ1v) is 10.9. The van der Waals surface area contributed by atoms with Gasteiger partial charge in [0.2, 0.25) is 0 Å². The van der Waals surface area contributed by atoms with Gasteiger partial charge in [0.1, 0.15) is 10.1 Å². The number of thiophene rings is 1. The summed E-state index contributed by atoms with van der Waals surface area (Å²) in [6.45, 7) is 2.06. The summed E-state index contributed by atoms with van der Waals surface area (Å²) in [5.74, 6) is -0.359. The van der Waals surface area contributed by atoms with Crippen LogP contribution in [-0.2, 0) is 9.53 Å². The second kappa shape index (κ2) is 8.63. The van der Waals surface area contributed by atoms with Crippen molar-refractivity contribution in [2.24, 2.45) is 0 Å². The number of nitrogens with one attached hydrogen (secondary N) is 1. The third-order valence-corrected chi connectivity index (χ3v) is 6.33. The van der Waals surface area contributed by atoms with E-state index in [1.165, 1.54) is 23.1 Å². The van der Waals surface area contributed by atoms with Crippen molar-refractivity contribution in [1.29, 1.82) is 0 Å². The van der Waals surface area contributed by atoms with Crippen molar-refractivity contribution in [3.63, 3.8) is 0 Å². The lowest BCUT2D eigenvalue weighted by Gasteiger charge is -2.15. The molecule has 1 unspecified atom stereocenters. The average Bonchev–Trinajstić information content (AvgIpc) is 3.18. The smallest absolute Gasteiger partial charge is 0.324 e. The van der Waals surface area contributed by atoms with E-state index in [0.717, 1.165) is 16.7 Å². The Kier molecular flexibility index (Phi) is 5.78. The van der Waals surface area contributed by atoms with E-state index in [4.69, 9.17) is 4.74 Å². The molecular formula is C22H18N2O3S2. The molecule has 146 valence electrons. The summed E-state index contributed by atoms with van der Waals surface area (Å²) < 4.78 is 5.23. The van der Waals surface area contributed by atoms with Crippen LogP contribution < -0.4 is 5.56 Å². The molecule has 0 saturated carbocycles. The quantitative estimate of drug-likeness (QED) is 0.267. The lowest BCUT2D eigenvalue weighted by atomic mass is 10.1. The van der Waals surface area contributed by atoms with Gasteiger partial charge in [-0.15, -0.1) is 11.3 Å². The van der Waals surface area contributed by atoms with Crippen LogP contribution in [0.3, 0.4) is 0 Å². The van der Waals surface area contributed by atoms with Crippen molar-refractivity contribution < 1.29 is 9.53 Å². The van der Waals surface area contributed by atoms with Crippen molar-refractivity contribution in [3.05, 3.63) is 82.0 Å². The SMILES string of the molecule is CCOC(=O)C(Sc1nc2scc(-c3ccccc3)c2c(=O)[nH]1)c1ccccc1. The highest BCUT2D eigenvalue weighted by atomic mass is 32.2. The Morgan fingerprint density at radius 2 is 1.83 bits per heavy atom. The van der Waals surface area contributed by atoms with E-state index in [1.54, 1.807) is 6.92 Å². The van der Waals surface area contributed by atoms with E-state index < -0.39 is 5.25 Å². The van der Waals surface area contributed by atoms with E-state index in [0.29, 0.717) is 15.4 Å². The molecule has 4 rings (SSSR count). The van der Waals surface area contributed by atoms with Gasteiger partial charge >= 0.3 is 5.97 Å². The van der Waals surface area contributed by atoms with Crippen LogP contribution in [0.2, 0.25) is 0 Å². The van der Waals surface area contributed by atoms with Gasteiger partial charge < -0.3 is 9.72 Å².